The van der Waals surface area contributed by atoms with E-state index in [1.807, 2.05) is 60.7 Å². The van der Waals surface area contributed by atoms with Crippen LogP contribution in [0.4, 0.5) is 0 Å². The van der Waals surface area contributed by atoms with Crippen LogP contribution >= 0.6 is 0 Å². The lowest BCUT2D eigenvalue weighted by Gasteiger charge is -2.36. The Morgan fingerprint density at radius 1 is 1.03 bits per heavy atom. The van der Waals surface area contributed by atoms with Crippen LogP contribution in [0.15, 0.2) is 65.5 Å². The van der Waals surface area contributed by atoms with E-state index in [0.717, 1.165) is 29.9 Å². The first kappa shape index (κ1) is 20.7. The van der Waals surface area contributed by atoms with Gasteiger partial charge in [-0.15, -0.1) is 0 Å². The van der Waals surface area contributed by atoms with Crippen molar-refractivity contribution in [3.8, 4) is 5.69 Å². The maximum atomic E-state index is 13.3. The minimum absolute atomic E-state index is 0.00930. The molecule has 1 aromatic heterocycles. The van der Waals surface area contributed by atoms with Crippen molar-refractivity contribution in [1.29, 1.82) is 0 Å². The van der Waals surface area contributed by atoms with Gasteiger partial charge in [-0.3, -0.25) is 4.79 Å². The number of hydrogen-bond acceptors (Lipinski definition) is 4. The molecular formula is C25H28N4O3. The molecule has 1 aliphatic carbocycles. The molecule has 0 radical (unpaired) electrons. The van der Waals surface area contributed by atoms with Crippen LogP contribution in [0.1, 0.15) is 43.0 Å². The molecule has 1 saturated heterocycles. The van der Waals surface area contributed by atoms with Gasteiger partial charge in [0, 0.05) is 25.7 Å². The van der Waals surface area contributed by atoms with E-state index >= 15 is 0 Å². The summed E-state index contributed by atoms with van der Waals surface area (Å²) in [6.45, 7) is 1.82. The van der Waals surface area contributed by atoms with Crippen molar-refractivity contribution in [2.45, 2.75) is 43.6 Å². The number of amides is 1. The summed E-state index contributed by atoms with van der Waals surface area (Å²) >= 11 is 0. The highest BCUT2D eigenvalue weighted by atomic mass is 16.5. The molecule has 2 aliphatic rings. The summed E-state index contributed by atoms with van der Waals surface area (Å²) in [5, 5.41) is 7.71. The van der Waals surface area contributed by atoms with Gasteiger partial charge in [0.05, 0.1) is 17.6 Å². The number of ether oxygens (including phenoxy) is 1. The Kier molecular flexibility index (Phi) is 5.66. The average molecular weight is 433 g/mol. The molecule has 5 rings (SSSR count). The number of rotatable bonds is 7. The average Bonchev–Trinajstić information content (AvgIpc) is 3.64. The van der Waals surface area contributed by atoms with Crippen molar-refractivity contribution >= 4 is 5.91 Å². The van der Waals surface area contributed by atoms with Gasteiger partial charge < -0.3 is 10.1 Å². The lowest BCUT2D eigenvalue weighted by molar-refractivity contribution is -0.130. The highest BCUT2D eigenvalue weighted by Crippen LogP contribution is 2.39. The van der Waals surface area contributed by atoms with E-state index in [0.29, 0.717) is 45.1 Å². The zero-order valence-corrected chi connectivity index (χ0v) is 18.1. The third-order valence-electron chi connectivity index (χ3n) is 6.54. The number of nitrogens with zero attached hydrogens (tertiary/aromatic N) is 3. The van der Waals surface area contributed by atoms with Crippen molar-refractivity contribution in [2.24, 2.45) is 0 Å². The minimum atomic E-state index is -0.590. The Labute approximate surface area is 187 Å². The zero-order chi connectivity index (χ0) is 22.0. The fraction of sp³-hybridized carbons (Fsp3) is 0.400. The van der Waals surface area contributed by atoms with Gasteiger partial charge in [-0.1, -0.05) is 48.5 Å². The standard InChI is InChI=1S/C25H28N4O3/c30-23(25(13-17-32-18-14-25)20-7-3-1-4-8-20)26-15-16-28-24(31)29(21-9-5-2-6-10-21)22(27-28)19-11-12-19/h1-10,19H,11-18H2,(H,26,30). The van der Waals surface area contributed by atoms with Gasteiger partial charge in [0.15, 0.2) is 0 Å². The van der Waals surface area contributed by atoms with Gasteiger partial charge >= 0.3 is 5.69 Å². The molecule has 2 fully saturated rings. The van der Waals surface area contributed by atoms with Crippen molar-refractivity contribution in [3.63, 3.8) is 0 Å². The normalized spacial score (nSPS) is 17.8. The van der Waals surface area contributed by atoms with Gasteiger partial charge in [-0.05, 0) is 43.4 Å². The molecule has 1 N–H and O–H groups in total. The molecular weight excluding hydrogens is 404 g/mol. The third kappa shape index (κ3) is 3.88. The molecule has 3 aromatic rings. The van der Waals surface area contributed by atoms with Crippen LogP contribution < -0.4 is 11.0 Å². The number of para-hydroxylation sites is 1. The molecule has 32 heavy (non-hydrogen) atoms. The van der Waals surface area contributed by atoms with Crippen LogP contribution in [0.3, 0.4) is 0 Å². The summed E-state index contributed by atoms with van der Waals surface area (Å²) in [5.74, 6) is 1.14. The van der Waals surface area contributed by atoms with Crippen LogP contribution in [0.5, 0.6) is 0 Å². The monoisotopic (exact) mass is 432 g/mol. The first-order valence-electron chi connectivity index (χ1n) is 11.4. The number of carbonyl (C=O) groups excluding carboxylic acids is 1. The number of hydrogen-bond donors (Lipinski definition) is 1. The van der Waals surface area contributed by atoms with E-state index in [2.05, 4.69) is 10.4 Å². The Morgan fingerprint density at radius 3 is 2.34 bits per heavy atom. The molecule has 166 valence electrons. The Morgan fingerprint density at radius 2 is 1.69 bits per heavy atom. The van der Waals surface area contributed by atoms with E-state index in [4.69, 9.17) is 4.74 Å². The molecule has 0 atom stereocenters. The van der Waals surface area contributed by atoms with E-state index in [-0.39, 0.29) is 11.6 Å². The van der Waals surface area contributed by atoms with Crippen molar-refractivity contribution in [1.82, 2.24) is 19.7 Å². The summed E-state index contributed by atoms with van der Waals surface area (Å²) in [7, 11) is 0. The first-order chi connectivity index (χ1) is 15.7. The topological polar surface area (TPSA) is 78.2 Å². The fourth-order valence-corrected chi connectivity index (χ4v) is 4.56. The Hall–Kier alpha value is -3.19. The van der Waals surface area contributed by atoms with E-state index in [1.54, 1.807) is 4.57 Å². The van der Waals surface area contributed by atoms with Crippen LogP contribution in [-0.2, 0) is 21.5 Å². The number of carbonyl (C=O) groups is 1. The van der Waals surface area contributed by atoms with E-state index < -0.39 is 5.41 Å². The second-order valence-corrected chi connectivity index (χ2v) is 8.63. The van der Waals surface area contributed by atoms with Gasteiger partial charge in [0.25, 0.3) is 0 Å². The second kappa shape index (κ2) is 8.74. The first-order valence-corrected chi connectivity index (χ1v) is 11.4. The van der Waals surface area contributed by atoms with E-state index in [9.17, 15) is 9.59 Å². The Balaban J connectivity index is 1.33. The summed E-state index contributed by atoms with van der Waals surface area (Å²) in [5.41, 5.74) is 1.10. The third-order valence-corrected chi connectivity index (χ3v) is 6.54. The zero-order valence-electron chi connectivity index (χ0n) is 18.1. The smallest absolute Gasteiger partial charge is 0.350 e. The molecule has 7 nitrogen and oxygen atoms in total. The van der Waals surface area contributed by atoms with Crippen LogP contribution in [0, 0.1) is 0 Å². The summed E-state index contributed by atoms with van der Waals surface area (Å²) in [6.07, 6.45) is 3.41. The lowest BCUT2D eigenvalue weighted by atomic mass is 9.73. The molecule has 0 spiro atoms. The summed E-state index contributed by atoms with van der Waals surface area (Å²) < 4.78 is 8.73. The van der Waals surface area contributed by atoms with Crippen LogP contribution in [0.25, 0.3) is 5.69 Å². The molecule has 1 aliphatic heterocycles. The highest BCUT2D eigenvalue weighted by Gasteiger charge is 2.41. The van der Waals surface area contributed by atoms with Crippen molar-refractivity contribution in [2.75, 3.05) is 19.8 Å². The number of benzene rings is 2. The molecule has 1 saturated carbocycles. The maximum absolute atomic E-state index is 13.3. The van der Waals surface area contributed by atoms with Crippen LogP contribution in [0.2, 0.25) is 0 Å². The highest BCUT2D eigenvalue weighted by molar-refractivity contribution is 5.88. The quantitative estimate of drug-likeness (QED) is 0.623. The summed E-state index contributed by atoms with van der Waals surface area (Å²) in [4.78, 5) is 26.4. The SMILES string of the molecule is O=C(NCCn1nc(C2CC2)n(-c2ccccc2)c1=O)C1(c2ccccc2)CCOCC1. The maximum Gasteiger partial charge on any atom is 0.350 e. The molecule has 2 aromatic carbocycles. The van der Waals surface area contributed by atoms with Gasteiger partial charge in [-0.25, -0.2) is 14.0 Å². The molecule has 2 heterocycles. The van der Waals surface area contributed by atoms with Crippen molar-refractivity contribution in [3.05, 3.63) is 82.5 Å². The molecule has 7 heteroatoms. The largest absolute Gasteiger partial charge is 0.381 e. The fourth-order valence-electron chi connectivity index (χ4n) is 4.56. The number of nitrogens with one attached hydrogen (secondary N) is 1. The molecule has 0 bridgehead atoms. The second-order valence-electron chi connectivity index (χ2n) is 8.63. The molecule has 1 amide bonds. The van der Waals surface area contributed by atoms with Crippen LogP contribution in [-0.4, -0.2) is 40.0 Å². The lowest BCUT2D eigenvalue weighted by Crippen LogP contribution is -2.49. The van der Waals surface area contributed by atoms with Gasteiger partial charge in [0.2, 0.25) is 5.91 Å². The Bertz CT molecular complexity index is 1130. The predicted molar refractivity (Wildman–Crippen MR) is 121 cm³/mol. The van der Waals surface area contributed by atoms with Gasteiger partial charge in [-0.2, -0.15) is 5.10 Å². The summed E-state index contributed by atoms with van der Waals surface area (Å²) in [6, 6.07) is 19.6. The molecule has 0 unspecified atom stereocenters. The number of aromatic nitrogens is 3. The minimum Gasteiger partial charge on any atom is -0.381 e. The predicted octanol–water partition coefficient (Wildman–Crippen LogP) is 2.78. The van der Waals surface area contributed by atoms with E-state index in [1.165, 1.54) is 4.68 Å². The van der Waals surface area contributed by atoms with Crippen molar-refractivity contribution < 1.29 is 9.53 Å². The van der Waals surface area contributed by atoms with Gasteiger partial charge in [0.1, 0.15) is 5.82 Å².